The van der Waals surface area contributed by atoms with Gasteiger partial charge in [0.25, 0.3) is 0 Å². The second-order valence-corrected chi connectivity index (χ2v) is 4.64. The van der Waals surface area contributed by atoms with Gasteiger partial charge >= 0.3 is 0 Å². The highest BCUT2D eigenvalue weighted by atomic mass is 16.5. The third-order valence-corrected chi connectivity index (χ3v) is 2.87. The van der Waals surface area contributed by atoms with E-state index in [0.717, 1.165) is 17.7 Å². The van der Waals surface area contributed by atoms with Gasteiger partial charge in [-0.15, -0.1) is 0 Å². The maximum atomic E-state index is 11.8. The molecular weight excluding hydrogens is 256 g/mol. The number of benzene rings is 1. The van der Waals surface area contributed by atoms with Gasteiger partial charge in [-0.05, 0) is 25.5 Å². The Kier molecular flexibility index (Phi) is 6.73. The van der Waals surface area contributed by atoms with E-state index in [4.69, 9.17) is 4.74 Å². The van der Waals surface area contributed by atoms with Crippen LogP contribution >= 0.6 is 0 Å². The SMILES string of the molecule is COCCCNC(=O)CN(C(C)=O)c1ccc(C)cc1. The summed E-state index contributed by atoms with van der Waals surface area (Å²) in [5.74, 6) is -0.322. The Morgan fingerprint density at radius 2 is 1.90 bits per heavy atom. The van der Waals surface area contributed by atoms with Crippen molar-refractivity contribution in [2.75, 3.05) is 31.7 Å². The number of anilines is 1. The number of hydrogen-bond acceptors (Lipinski definition) is 3. The summed E-state index contributed by atoms with van der Waals surface area (Å²) in [6.07, 6.45) is 0.757. The lowest BCUT2D eigenvalue weighted by atomic mass is 10.2. The number of rotatable bonds is 7. The number of nitrogens with zero attached hydrogens (tertiary/aromatic N) is 1. The second kappa shape index (κ2) is 8.32. The smallest absolute Gasteiger partial charge is 0.240 e. The average molecular weight is 278 g/mol. The summed E-state index contributed by atoms with van der Waals surface area (Å²) in [6, 6.07) is 7.52. The molecule has 0 heterocycles. The van der Waals surface area contributed by atoms with Gasteiger partial charge in [-0.1, -0.05) is 17.7 Å². The summed E-state index contributed by atoms with van der Waals surface area (Å²) in [5.41, 5.74) is 1.84. The third-order valence-electron chi connectivity index (χ3n) is 2.87. The first-order valence-corrected chi connectivity index (χ1v) is 6.65. The van der Waals surface area contributed by atoms with Crippen LogP contribution in [0.4, 0.5) is 5.69 Å². The fourth-order valence-corrected chi connectivity index (χ4v) is 1.75. The number of hydrogen-bond donors (Lipinski definition) is 1. The van der Waals surface area contributed by atoms with E-state index in [-0.39, 0.29) is 18.4 Å². The van der Waals surface area contributed by atoms with Crippen LogP contribution in [0.15, 0.2) is 24.3 Å². The molecule has 2 amide bonds. The van der Waals surface area contributed by atoms with E-state index >= 15 is 0 Å². The molecule has 5 nitrogen and oxygen atoms in total. The number of carbonyl (C=O) groups excluding carboxylic acids is 2. The van der Waals surface area contributed by atoms with Crippen LogP contribution in [0.2, 0.25) is 0 Å². The summed E-state index contributed by atoms with van der Waals surface area (Å²) in [7, 11) is 1.62. The lowest BCUT2D eigenvalue weighted by Gasteiger charge is -2.20. The molecule has 0 radical (unpaired) electrons. The summed E-state index contributed by atoms with van der Waals surface area (Å²) < 4.78 is 4.91. The summed E-state index contributed by atoms with van der Waals surface area (Å²) >= 11 is 0. The van der Waals surface area contributed by atoms with Gasteiger partial charge in [0.1, 0.15) is 6.54 Å². The number of nitrogens with one attached hydrogen (secondary N) is 1. The maximum absolute atomic E-state index is 11.8. The second-order valence-electron chi connectivity index (χ2n) is 4.64. The van der Waals surface area contributed by atoms with Crippen LogP contribution in [0.5, 0.6) is 0 Å². The number of methoxy groups -OCH3 is 1. The van der Waals surface area contributed by atoms with Crippen molar-refractivity contribution in [3.8, 4) is 0 Å². The molecule has 1 N–H and O–H groups in total. The molecule has 0 aliphatic carbocycles. The molecule has 0 bridgehead atoms. The van der Waals surface area contributed by atoms with Crippen LogP contribution in [0.3, 0.4) is 0 Å². The number of ether oxygens (including phenoxy) is 1. The molecule has 110 valence electrons. The van der Waals surface area contributed by atoms with Gasteiger partial charge in [-0.2, -0.15) is 0 Å². The quantitative estimate of drug-likeness (QED) is 0.769. The van der Waals surface area contributed by atoms with Crippen molar-refractivity contribution in [2.24, 2.45) is 0 Å². The van der Waals surface area contributed by atoms with Crippen LogP contribution in [0, 0.1) is 6.92 Å². The fourth-order valence-electron chi connectivity index (χ4n) is 1.75. The van der Waals surface area contributed by atoms with Crippen molar-refractivity contribution in [1.29, 1.82) is 0 Å². The van der Waals surface area contributed by atoms with Crippen LogP contribution in [0.1, 0.15) is 18.9 Å². The van der Waals surface area contributed by atoms with Crippen molar-refractivity contribution in [2.45, 2.75) is 20.3 Å². The molecule has 5 heteroatoms. The van der Waals surface area contributed by atoms with E-state index in [1.807, 2.05) is 31.2 Å². The number of amides is 2. The van der Waals surface area contributed by atoms with Crippen molar-refractivity contribution >= 4 is 17.5 Å². The molecule has 0 fully saturated rings. The van der Waals surface area contributed by atoms with Gasteiger partial charge in [-0.25, -0.2) is 0 Å². The average Bonchev–Trinajstić information content (AvgIpc) is 2.42. The molecular formula is C15H22N2O3. The first kappa shape index (κ1) is 16.2. The van der Waals surface area contributed by atoms with Gasteiger partial charge in [0.15, 0.2) is 0 Å². The molecule has 0 aliphatic heterocycles. The molecule has 0 saturated heterocycles. The van der Waals surface area contributed by atoms with Gasteiger partial charge < -0.3 is 15.0 Å². The van der Waals surface area contributed by atoms with Crippen LogP contribution < -0.4 is 10.2 Å². The monoisotopic (exact) mass is 278 g/mol. The number of carbonyl (C=O) groups is 2. The normalized spacial score (nSPS) is 10.2. The maximum Gasteiger partial charge on any atom is 0.240 e. The van der Waals surface area contributed by atoms with Crippen LogP contribution in [0.25, 0.3) is 0 Å². The lowest BCUT2D eigenvalue weighted by molar-refractivity contribution is -0.123. The Labute approximate surface area is 119 Å². The topological polar surface area (TPSA) is 58.6 Å². The molecule has 0 saturated carbocycles. The molecule has 1 aromatic rings. The van der Waals surface area contributed by atoms with Crippen molar-refractivity contribution in [1.82, 2.24) is 5.32 Å². The van der Waals surface area contributed by atoms with Crippen LogP contribution in [-0.2, 0) is 14.3 Å². The molecule has 1 aromatic carbocycles. The first-order chi connectivity index (χ1) is 9.54. The highest BCUT2D eigenvalue weighted by Crippen LogP contribution is 2.14. The van der Waals surface area contributed by atoms with Gasteiger partial charge in [0.05, 0.1) is 0 Å². The third kappa shape index (κ3) is 5.40. The summed E-state index contributed by atoms with van der Waals surface area (Å²) in [4.78, 5) is 24.9. The standard InChI is InChI=1S/C15H22N2O3/c1-12-5-7-14(8-6-12)17(13(2)18)11-15(19)16-9-4-10-20-3/h5-8H,4,9-11H2,1-3H3,(H,16,19). The number of aryl methyl sites for hydroxylation is 1. The molecule has 0 aliphatic rings. The highest BCUT2D eigenvalue weighted by Gasteiger charge is 2.15. The predicted octanol–water partition coefficient (Wildman–Crippen LogP) is 1.50. The zero-order valence-corrected chi connectivity index (χ0v) is 12.3. The Morgan fingerprint density at radius 1 is 1.25 bits per heavy atom. The van der Waals surface area contributed by atoms with Gasteiger partial charge in [0.2, 0.25) is 11.8 Å². The zero-order chi connectivity index (χ0) is 15.0. The van der Waals surface area contributed by atoms with Gasteiger partial charge in [0, 0.05) is 32.9 Å². The minimum absolute atomic E-state index is 0.0331. The molecule has 20 heavy (non-hydrogen) atoms. The van der Waals surface area contributed by atoms with E-state index in [1.165, 1.54) is 11.8 Å². The minimum atomic E-state index is -0.170. The van der Waals surface area contributed by atoms with E-state index < -0.39 is 0 Å². The van der Waals surface area contributed by atoms with Crippen molar-refractivity contribution < 1.29 is 14.3 Å². The minimum Gasteiger partial charge on any atom is -0.385 e. The van der Waals surface area contributed by atoms with Crippen LogP contribution in [-0.4, -0.2) is 38.6 Å². The van der Waals surface area contributed by atoms with E-state index in [1.54, 1.807) is 7.11 Å². The Morgan fingerprint density at radius 3 is 2.45 bits per heavy atom. The molecule has 1 rings (SSSR count). The zero-order valence-electron chi connectivity index (χ0n) is 12.3. The molecule has 0 atom stereocenters. The summed E-state index contributed by atoms with van der Waals surface area (Å²) in [5, 5.41) is 2.77. The van der Waals surface area contributed by atoms with Gasteiger partial charge in [-0.3, -0.25) is 9.59 Å². The Balaban J connectivity index is 2.57. The van der Waals surface area contributed by atoms with E-state index in [0.29, 0.717) is 13.2 Å². The van der Waals surface area contributed by atoms with E-state index in [9.17, 15) is 9.59 Å². The Bertz CT molecular complexity index is 443. The van der Waals surface area contributed by atoms with Crippen molar-refractivity contribution in [3.05, 3.63) is 29.8 Å². The largest absolute Gasteiger partial charge is 0.385 e. The lowest BCUT2D eigenvalue weighted by Crippen LogP contribution is -2.40. The molecule has 0 unspecified atom stereocenters. The Hall–Kier alpha value is -1.88. The fraction of sp³-hybridized carbons (Fsp3) is 0.467. The highest BCUT2D eigenvalue weighted by molar-refractivity contribution is 5.97. The molecule has 0 aromatic heterocycles. The van der Waals surface area contributed by atoms with E-state index in [2.05, 4.69) is 5.32 Å². The van der Waals surface area contributed by atoms with Crippen molar-refractivity contribution in [3.63, 3.8) is 0 Å². The summed E-state index contributed by atoms with van der Waals surface area (Å²) in [6.45, 7) is 4.62. The first-order valence-electron chi connectivity index (χ1n) is 6.65. The molecule has 0 spiro atoms. The predicted molar refractivity (Wildman–Crippen MR) is 78.7 cm³/mol.